The highest BCUT2D eigenvalue weighted by molar-refractivity contribution is 6.31. The Bertz CT molecular complexity index is 702. The van der Waals surface area contributed by atoms with Gasteiger partial charge in [0.15, 0.2) is 5.76 Å². The van der Waals surface area contributed by atoms with E-state index in [1.807, 2.05) is 0 Å². The van der Waals surface area contributed by atoms with Crippen molar-refractivity contribution >= 4 is 23.2 Å². The standard InChI is InChI=1S/C13H11ClN4O2/c1-18(2)13(19)12-6-5-11(20-12)9-4-3-8(14)7-10(9)16-17-15/h3-7H,1-2H3. The van der Waals surface area contributed by atoms with Crippen LogP contribution in [0, 0.1) is 0 Å². The van der Waals surface area contributed by atoms with E-state index in [4.69, 9.17) is 21.5 Å². The molecule has 0 aliphatic heterocycles. The number of benzene rings is 1. The van der Waals surface area contributed by atoms with Gasteiger partial charge in [-0.05, 0) is 35.9 Å². The van der Waals surface area contributed by atoms with Crippen LogP contribution < -0.4 is 0 Å². The molecule has 0 radical (unpaired) electrons. The first-order valence-electron chi connectivity index (χ1n) is 5.69. The Labute approximate surface area is 120 Å². The molecule has 0 bridgehead atoms. The van der Waals surface area contributed by atoms with Gasteiger partial charge in [0, 0.05) is 35.3 Å². The summed E-state index contributed by atoms with van der Waals surface area (Å²) in [5, 5.41) is 4.03. The van der Waals surface area contributed by atoms with E-state index in [0.29, 0.717) is 22.0 Å². The lowest BCUT2D eigenvalue weighted by Gasteiger charge is -2.07. The number of carbonyl (C=O) groups excluding carboxylic acids is 1. The summed E-state index contributed by atoms with van der Waals surface area (Å²) in [4.78, 5) is 16.0. The monoisotopic (exact) mass is 290 g/mol. The van der Waals surface area contributed by atoms with E-state index in [-0.39, 0.29) is 11.7 Å². The summed E-state index contributed by atoms with van der Waals surface area (Å²) in [6, 6.07) is 8.09. The van der Waals surface area contributed by atoms with Crippen LogP contribution in [0.5, 0.6) is 0 Å². The van der Waals surface area contributed by atoms with Crippen LogP contribution in [-0.2, 0) is 0 Å². The third kappa shape index (κ3) is 2.77. The van der Waals surface area contributed by atoms with Crippen molar-refractivity contribution in [2.24, 2.45) is 5.11 Å². The molecule has 20 heavy (non-hydrogen) atoms. The van der Waals surface area contributed by atoms with Gasteiger partial charge in [-0.1, -0.05) is 16.7 Å². The van der Waals surface area contributed by atoms with Crippen LogP contribution in [-0.4, -0.2) is 24.9 Å². The summed E-state index contributed by atoms with van der Waals surface area (Å²) in [5.41, 5.74) is 9.49. The summed E-state index contributed by atoms with van der Waals surface area (Å²) in [6.45, 7) is 0. The molecule has 0 aliphatic rings. The quantitative estimate of drug-likeness (QED) is 0.481. The SMILES string of the molecule is CN(C)C(=O)c1ccc(-c2ccc(Cl)cc2N=[N+]=[N-])o1. The van der Waals surface area contributed by atoms with Crippen LogP contribution in [0.2, 0.25) is 5.02 Å². The van der Waals surface area contributed by atoms with Crippen LogP contribution in [0.1, 0.15) is 10.6 Å². The normalized spacial score (nSPS) is 9.95. The molecule has 1 aromatic carbocycles. The number of amides is 1. The van der Waals surface area contributed by atoms with E-state index >= 15 is 0 Å². The van der Waals surface area contributed by atoms with Crippen molar-refractivity contribution in [1.82, 2.24) is 4.90 Å². The molecule has 0 saturated heterocycles. The van der Waals surface area contributed by atoms with Gasteiger partial charge in [-0.15, -0.1) is 0 Å². The first-order valence-corrected chi connectivity index (χ1v) is 6.07. The smallest absolute Gasteiger partial charge is 0.289 e. The van der Waals surface area contributed by atoms with Gasteiger partial charge in [-0.25, -0.2) is 0 Å². The molecule has 2 rings (SSSR count). The van der Waals surface area contributed by atoms with E-state index in [1.165, 1.54) is 11.0 Å². The van der Waals surface area contributed by atoms with E-state index in [1.54, 1.807) is 38.4 Å². The van der Waals surface area contributed by atoms with Crippen molar-refractivity contribution in [3.05, 3.63) is 51.6 Å². The second-order valence-electron chi connectivity index (χ2n) is 4.21. The third-order valence-electron chi connectivity index (χ3n) is 2.60. The molecule has 0 fully saturated rings. The van der Waals surface area contributed by atoms with Crippen LogP contribution in [0.3, 0.4) is 0 Å². The number of furan rings is 1. The summed E-state index contributed by atoms with van der Waals surface area (Å²) < 4.78 is 5.50. The summed E-state index contributed by atoms with van der Waals surface area (Å²) in [7, 11) is 3.27. The van der Waals surface area contributed by atoms with Crippen LogP contribution in [0.4, 0.5) is 5.69 Å². The molecule has 0 unspecified atom stereocenters. The molecule has 1 heterocycles. The Balaban J connectivity index is 2.47. The van der Waals surface area contributed by atoms with Crippen molar-refractivity contribution in [1.29, 1.82) is 0 Å². The zero-order valence-corrected chi connectivity index (χ0v) is 11.6. The second-order valence-corrected chi connectivity index (χ2v) is 4.65. The molecule has 7 heteroatoms. The third-order valence-corrected chi connectivity index (χ3v) is 2.84. The van der Waals surface area contributed by atoms with Crippen LogP contribution in [0.25, 0.3) is 21.8 Å². The van der Waals surface area contributed by atoms with Gasteiger partial charge in [-0.2, -0.15) is 0 Å². The van der Waals surface area contributed by atoms with Gasteiger partial charge in [0.05, 0.1) is 0 Å². The number of nitrogens with zero attached hydrogens (tertiary/aromatic N) is 4. The number of hydrogen-bond donors (Lipinski definition) is 0. The van der Waals surface area contributed by atoms with E-state index in [9.17, 15) is 4.79 Å². The largest absolute Gasteiger partial charge is 0.451 e. The fourth-order valence-corrected chi connectivity index (χ4v) is 1.83. The molecule has 0 saturated carbocycles. The number of hydrogen-bond acceptors (Lipinski definition) is 3. The highest BCUT2D eigenvalue weighted by atomic mass is 35.5. The molecule has 2 aromatic rings. The molecule has 102 valence electrons. The van der Waals surface area contributed by atoms with E-state index in [0.717, 1.165) is 0 Å². The average molecular weight is 291 g/mol. The minimum atomic E-state index is -0.240. The van der Waals surface area contributed by atoms with Crippen LogP contribution in [0.15, 0.2) is 39.9 Å². The maximum Gasteiger partial charge on any atom is 0.289 e. The first kappa shape index (κ1) is 14.0. The average Bonchev–Trinajstić information content (AvgIpc) is 2.87. The number of rotatable bonds is 3. The Hall–Kier alpha value is -2.43. The van der Waals surface area contributed by atoms with Crippen molar-refractivity contribution in [2.45, 2.75) is 0 Å². The second kappa shape index (κ2) is 5.69. The van der Waals surface area contributed by atoms with Crippen molar-refractivity contribution < 1.29 is 9.21 Å². The molecule has 0 N–H and O–H groups in total. The Kier molecular flexibility index (Phi) is 3.98. The van der Waals surface area contributed by atoms with Crippen LogP contribution >= 0.6 is 11.6 Å². The zero-order valence-electron chi connectivity index (χ0n) is 10.9. The minimum Gasteiger partial charge on any atom is -0.451 e. The van der Waals surface area contributed by atoms with E-state index in [2.05, 4.69) is 10.0 Å². The lowest BCUT2D eigenvalue weighted by molar-refractivity contribution is 0.0797. The predicted octanol–water partition coefficient (Wildman–Crippen LogP) is 4.24. The van der Waals surface area contributed by atoms with Crippen molar-refractivity contribution in [3.8, 4) is 11.3 Å². The van der Waals surface area contributed by atoms with Crippen molar-refractivity contribution in [2.75, 3.05) is 14.1 Å². The van der Waals surface area contributed by atoms with Gasteiger partial charge in [-0.3, -0.25) is 4.79 Å². The predicted molar refractivity (Wildman–Crippen MR) is 76.0 cm³/mol. The molecule has 6 nitrogen and oxygen atoms in total. The molecule has 0 atom stereocenters. The molecule has 0 aliphatic carbocycles. The topological polar surface area (TPSA) is 82.2 Å². The highest BCUT2D eigenvalue weighted by Crippen LogP contribution is 2.34. The van der Waals surface area contributed by atoms with Gasteiger partial charge in [0.25, 0.3) is 5.91 Å². The molecular weight excluding hydrogens is 280 g/mol. The molecule has 1 amide bonds. The van der Waals surface area contributed by atoms with Gasteiger partial charge in [0.1, 0.15) is 5.76 Å². The highest BCUT2D eigenvalue weighted by Gasteiger charge is 2.15. The Morgan fingerprint density at radius 1 is 1.35 bits per heavy atom. The van der Waals surface area contributed by atoms with Crippen molar-refractivity contribution in [3.63, 3.8) is 0 Å². The maximum absolute atomic E-state index is 11.8. The lowest BCUT2D eigenvalue weighted by Crippen LogP contribution is -2.20. The fraction of sp³-hybridized carbons (Fsp3) is 0.154. The number of carbonyl (C=O) groups is 1. The van der Waals surface area contributed by atoms with Gasteiger partial charge >= 0.3 is 0 Å². The Morgan fingerprint density at radius 2 is 2.10 bits per heavy atom. The zero-order chi connectivity index (χ0) is 14.7. The lowest BCUT2D eigenvalue weighted by atomic mass is 10.1. The number of halogens is 1. The maximum atomic E-state index is 11.8. The summed E-state index contributed by atoms with van der Waals surface area (Å²) in [5.74, 6) is 0.414. The Morgan fingerprint density at radius 3 is 2.75 bits per heavy atom. The van der Waals surface area contributed by atoms with Gasteiger partial charge in [0.2, 0.25) is 0 Å². The number of azide groups is 1. The fourth-order valence-electron chi connectivity index (χ4n) is 1.66. The molecule has 0 spiro atoms. The summed E-state index contributed by atoms with van der Waals surface area (Å²) >= 11 is 5.86. The summed E-state index contributed by atoms with van der Waals surface area (Å²) in [6.07, 6.45) is 0. The van der Waals surface area contributed by atoms with Gasteiger partial charge < -0.3 is 9.32 Å². The molecule has 1 aromatic heterocycles. The minimum absolute atomic E-state index is 0.215. The molecular formula is C13H11ClN4O2. The first-order chi connectivity index (χ1) is 9.52. The van der Waals surface area contributed by atoms with E-state index < -0.39 is 0 Å².